The first-order valence-corrected chi connectivity index (χ1v) is 9.20. The van der Waals surface area contributed by atoms with Crippen LogP contribution < -0.4 is 10.9 Å². The van der Waals surface area contributed by atoms with Crippen LogP contribution in [-0.2, 0) is 11.3 Å². The average Bonchev–Trinajstić information content (AvgIpc) is 3.07. The number of hydrogen-bond acceptors (Lipinski definition) is 5. The van der Waals surface area contributed by atoms with Crippen LogP contribution in [0.4, 0.5) is 5.69 Å². The van der Waals surface area contributed by atoms with Gasteiger partial charge in [-0.1, -0.05) is 6.07 Å². The molecule has 0 unspecified atom stereocenters. The van der Waals surface area contributed by atoms with Crippen LogP contribution in [0.15, 0.2) is 65.6 Å². The van der Waals surface area contributed by atoms with Gasteiger partial charge < -0.3 is 5.32 Å². The van der Waals surface area contributed by atoms with E-state index in [9.17, 15) is 9.59 Å². The minimum Gasteiger partial charge on any atom is -0.324 e. The van der Waals surface area contributed by atoms with E-state index in [-0.39, 0.29) is 18.0 Å². The molecule has 0 aliphatic carbocycles. The first-order valence-electron chi connectivity index (χ1n) is 8.38. The zero-order chi connectivity index (χ0) is 18.8. The Morgan fingerprint density at radius 3 is 2.74 bits per heavy atom. The Balaban J connectivity index is 1.49. The number of rotatable bonds is 4. The topological polar surface area (TPSA) is 76.9 Å². The van der Waals surface area contributed by atoms with Crippen LogP contribution in [0.3, 0.4) is 0 Å². The largest absolute Gasteiger partial charge is 0.324 e. The maximum absolute atomic E-state index is 12.1. The van der Waals surface area contributed by atoms with E-state index in [1.807, 2.05) is 30.3 Å². The molecule has 0 spiro atoms. The van der Waals surface area contributed by atoms with Crippen molar-refractivity contribution in [2.75, 3.05) is 5.32 Å². The fourth-order valence-corrected chi connectivity index (χ4v) is 3.76. The van der Waals surface area contributed by atoms with Gasteiger partial charge in [-0.25, -0.2) is 9.67 Å². The highest BCUT2D eigenvalue weighted by Crippen LogP contribution is 2.31. The Morgan fingerprint density at radius 1 is 1.15 bits per heavy atom. The molecule has 27 heavy (non-hydrogen) atoms. The van der Waals surface area contributed by atoms with Crippen LogP contribution in [0.25, 0.3) is 20.8 Å². The van der Waals surface area contributed by atoms with E-state index in [0.717, 1.165) is 25.5 Å². The number of nitrogens with zero attached hydrogens (tertiary/aromatic N) is 3. The first-order chi connectivity index (χ1) is 13.1. The zero-order valence-electron chi connectivity index (χ0n) is 14.5. The third-order valence-electron chi connectivity index (χ3n) is 4.04. The molecule has 2 heterocycles. The number of benzene rings is 2. The predicted molar refractivity (Wildman–Crippen MR) is 107 cm³/mol. The minimum atomic E-state index is -0.311. The number of carbonyl (C=O) groups excluding carboxylic acids is 1. The van der Waals surface area contributed by atoms with Gasteiger partial charge in [-0.3, -0.25) is 9.59 Å². The number of amides is 1. The van der Waals surface area contributed by atoms with Gasteiger partial charge in [0.25, 0.3) is 5.56 Å². The molecule has 4 aromatic rings. The van der Waals surface area contributed by atoms with Gasteiger partial charge >= 0.3 is 0 Å². The van der Waals surface area contributed by atoms with Crippen molar-refractivity contribution in [2.24, 2.45) is 0 Å². The molecule has 1 amide bonds. The summed E-state index contributed by atoms with van der Waals surface area (Å²) in [6, 6.07) is 16.6. The smallest absolute Gasteiger partial charge is 0.267 e. The summed E-state index contributed by atoms with van der Waals surface area (Å²) in [5.41, 5.74) is 3.54. The van der Waals surface area contributed by atoms with Crippen molar-refractivity contribution >= 4 is 33.1 Å². The maximum Gasteiger partial charge on any atom is 0.267 e. The highest BCUT2D eigenvalue weighted by molar-refractivity contribution is 7.21. The second-order valence-electron chi connectivity index (χ2n) is 6.14. The molecule has 0 saturated carbocycles. The van der Waals surface area contributed by atoms with E-state index >= 15 is 0 Å². The first kappa shape index (κ1) is 17.1. The number of carbonyl (C=O) groups is 1. The second kappa shape index (κ2) is 7.13. The molecule has 2 aromatic carbocycles. The fraction of sp³-hybridized carbons (Fsp3) is 0.100. The van der Waals surface area contributed by atoms with Crippen molar-refractivity contribution in [3.63, 3.8) is 0 Å². The molecule has 2 aromatic heterocycles. The number of aryl methyl sites for hydroxylation is 1. The summed E-state index contributed by atoms with van der Waals surface area (Å²) in [6.07, 6.45) is 1.48. The Hall–Kier alpha value is -3.32. The molecule has 4 rings (SSSR count). The molecule has 6 nitrogen and oxygen atoms in total. The maximum atomic E-state index is 12.1. The normalized spacial score (nSPS) is 10.9. The highest BCUT2D eigenvalue weighted by Gasteiger charge is 2.08. The number of fused-ring (bicyclic) bond motifs is 1. The number of thiazole rings is 1. The van der Waals surface area contributed by atoms with Crippen LogP contribution >= 0.6 is 11.3 Å². The van der Waals surface area contributed by atoms with Crippen LogP contribution in [0.1, 0.15) is 5.56 Å². The Bertz CT molecular complexity index is 1180. The van der Waals surface area contributed by atoms with Crippen molar-refractivity contribution in [2.45, 2.75) is 13.5 Å². The molecule has 0 saturated heterocycles. The summed E-state index contributed by atoms with van der Waals surface area (Å²) in [4.78, 5) is 28.4. The average molecular weight is 376 g/mol. The third-order valence-corrected chi connectivity index (χ3v) is 5.11. The van der Waals surface area contributed by atoms with E-state index in [4.69, 9.17) is 0 Å². The van der Waals surface area contributed by atoms with E-state index < -0.39 is 0 Å². The molecule has 7 heteroatoms. The van der Waals surface area contributed by atoms with Crippen molar-refractivity contribution in [1.82, 2.24) is 14.8 Å². The summed E-state index contributed by atoms with van der Waals surface area (Å²) >= 11 is 1.64. The van der Waals surface area contributed by atoms with Crippen molar-refractivity contribution in [3.05, 3.63) is 76.7 Å². The molecule has 0 bridgehead atoms. The van der Waals surface area contributed by atoms with Crippen LogP contribution in [0.5, 0.6) is 0 Å². The molecule has 0 aliphatic rings. The number of anilines is 1. The molecular weight excluding hydrogens is 360 g/mol. The second-order valence-corrected chi connectivity index (χ2v) is 7.17. The van der Waals surface area contributed by atoms with Crippen molar-refractivity contribution < 1.29 is 4.79 Å². The number of nitrogens with one attached hydrogen (secondary N) is 1. The van der Waals surface area contributed by atoms with Gasteiger partial charge in [0.1, 0.15) is 11.6 Å². The lowest BCUT2D eigenvalue weighted by atomic mass is 10.2. The summed E-state index contributed by atoms with van der Waals surface area (Å²) in [7, 11) is 0. The highest BCUT2D eigenvalue weighted by atomic mass is 32.1. The Morgan fingerprint density at radius 2 is 1.96 bits per heavy atom. The molecule has 1 N–H and O–H groups in total. The van der Waals surface area contributed by atoms with E-state index in [1.54, 1.807) is 17.4 Å². The van der Waals surface area contributed by atoms with Gasteiger partial charge in [-0.05, 0) is 55.0 Å². The van der Waals surface area contributed by atoms with Gasteiger partial charge in [0.05, 0.1) is 10.2 Å². The Labute approximate surface area is 159 Å². The molecule has 0 fully saturated rings. The fourth-order valence-electron chi connectivity index (χ4n) is 2.69. The standard InChI is InChI=1S/C20H16N4O2S/c1-13-4-9-16-17(11-13)27-20(23-16)14-5-7-15(8-6-14)22-18(25)12-24-19(26)3-2-10-21-24/h2-11H,12H2,1H3,(H,22,25). The SMILES string of the molecule is Cc1ccc2nc(-c3ccc(NC(=O)Cn4ncccc4=O)cc3)sc2c1. The summed E-state index contributed by atoms with van der Waals surface area (Å²) in [5, 5.41) is 7.59. The van der Waals surface area contributed by atoms with Gasteiger partial charge in [0, 0.05) is 23.5 Å². The molecule has 0 radical (unpaired) electrons. The van der Waals surface area contributed by atoms with Gasteiger partial charge in [0.15, 0.2) is 0 Å². The monoisotopic (exact) mass is 376 g/mol. The number of hydrogen-bond donors (Lipinski definition) is 1. The van der Waals surface area contributed by atoms with Gasteiger partial charge in [-0.2, -0.15) is 5.10 Å². The Kier molecular flexibility index (Phi) is 4.52. The molecule has 134 valence electrons. The molecule has 0 aliphatic heterocycles. The van der Waals surface area contributed by atoms with Crippen molar-refractivity contribution in [3.8, 4) is 10.6 Å². The van der Waals surface area contributed by atoms with Crippen LogP contribution in [0, 0.1) is 6.92 Å². The zero-order valence-corrected chi connectivity index (χ0v) is 15.4. The summed E-state index contributed by atoms with van der Waals surface area (Å²) < 4.78 is 2.27. The van der Waals surface area contributed by atoms with Gasteiger partial charge in [-0.15, -0.1) is 11.3 Å². The summed E-state index contributed by atoms with van der Waals surface area (Å²) in [5.74, 6) is -0.306. The third kappa shape index (κ3) is 3.78. The lowest BCUT2D eigenvalue weighted by Crippen LogP contribution is -2.28. The lowest BCUT2D eigenvalue weighted by Gasteiger charge is -2.06. The van der Waals surface area contributed by atoms with Gasteiger partial charge in [0.2, 0.25) is 5.91 Å². The minimum absolute atomic E-state index is 0.126. The predicted octanol–water partition coefficient (Wildman–Crippen LogP) is 3.47. The van der Waals surface area contributed by atoms with E-state index in [1.165, 1.54) is 17.8 Å². The lowest BCUT2D eigenvalue weighted by molar-refractivity contribution is -0.117. The number of aromatic nitrogens is 3. The molecular formula is C20H16N4O2S. The summed E-state index contributed by atoms with van der Waals surface area (Å²) in [6.45, 7) is 1.94. The van der Waals surface area contributed by atoms with Crippen LogP contribution in [0.2, 0.25) is 0 Å². The molecule has 0 atom stereocenters. The van der Waals surface area contributed by atoms with E-state index in [0.29, 0.717) is 5.69 Å². The van der Waals surface area contributed by atoms with E-state index in [2.05, 4.69) is 34.5 Å². The van der Waals surface area contributed by atoms with Crippen molar-refractivity contribution in [1.29, 1.82) is 0 Å². The quantitative estimate of drug-likeness (QED) is 0.592. The van der Waals surface area contributed by atoms with Crippen LogP contribution in [-0.4, -0.2) is 20.7 Å².